The quantitative estimate of drug-likeness (QED) is 0.358. The Morgan fingerprint density at radius 1 is 1.08 bits per heavy atom. The summed E-state index contributed by atoms with van der Waals surface area (Å²) in [6, 6.07) is 8.22. The standard InChI is InChI=1S/C25H35N7O4/c1-25(2,3)36-24(33)29-19-12-14-31(15-13-19)20-10-8-18(9-11-20)28-23-26-16-21(32(34)35)22(30-23)27-17-6-4-5-7-17/h8-11,16-17,19H,4-7,12-15H2,1-3H3,(H,29,33)(H2,26,27,28,30). The molecule has 2 aliphatic rings. The molecule has 0 radical (unpaired) electrons. The van der Waals surface area contributed by atoms with Gasteiger partial charge in [-0.25, -0.2) is 9.78 Å². The monoisotopic (exact) mass is 497 g/mol. The number of amides is 1. The summed E-state index contributed by atoms with van der Waals surface area (Å²) in [6.07, 6.45) is 6.76. The van der Waals surface area contributed by atoms with Crippen molar-refractivity contribution in [1.82, 2.24) is 15.3 Å². The average molecular weight is 498 g/mol. The van der Waals surface area contributed by atoms with Crippen LogP contribution in [0.15, 0.2) is 30.5 Å². The number of nitrogens with zero attached hydrogens (tertiary/aromatic N) is 4. The number of ether oxygens (including phenoxy) is 1. The number of piperidine rings is 1. The fourth-order valence-corrected chi connectivity index (χ4v) is 4.58. The van der Waals surface area contributed by atoms with Crippen molar-refractivity contribution in [1.29, 1.82) is 0 Å². The highest BCUT2D eigenvalue weighted by atomic mass is 16.6. The van der Waals surface area contributed by atoms with Gasteiger partial charge >= 0.3 is 11.8 Å². The van der Waals surface area contributed by atoms with E-state index in [-0.39, 0.29) is 29.7 Å². The number of nitrogens with one attached hydrogen (secondary N) is 3. The van der Waals surface area contributed by atoms with E-state index in [1.54, 1.807) is 0 Å². The first-order chi connectivity index (χ1) is 17.2. The summed E-state index contributed by atoms with van der Waals surface area (Å²) in [6.45, 7) is 7.22. The number of carbonyl (C=O) groups excluding carboxylic acids is 1. The van der Waals surface area contributed by atoms with E-state index in [0.29, 0.717) is 5.95 Å². The number of rotatable bonds is 7. The number of hydrogen-bond donors (Lipinski definition) is 3. The van der Waals surface area contributed by atoms with Gasteiger partial charge < -0.3 is 25.6 Å². The molecule has 11 nitrogen and oxygen atoms in total. The summed E-state index contributed by atoms with van der Waals surface area (Å²) in [5.74, 6) is 0.562. The highest BCUT2D eigenvalue weighted by Crippen LogP contribution is 2.29. The van der Waals surface area contributed by atoms with Gasteiger partial charge in [0.25, 0.3) is 0 Å². The maximum atomic E-state index is 12.0. The van der Waals surface area contributed by atoms with Crippen LogP contribution < -0.4 is 20.9 Å². The summed E-state index contributed by atoms with van der Waals surface area (Å²) < 4.78 is 5.35. The molecule has 1 saturated carbocycles. The van der Waals surface area contributed by atoms with E-state index in [4.69, 9.17) is 4.74 Å². The third-order valence-corrected chi connectivity index (χ3v) is 6.37. The molecule has 194 valence electrons. The molecule has 4 rings (SSSR count). The number of carbonyl (C=O) groups is 1. The number of benzene rings is 1. The molecule has 1 aromatic heterocycles. The Bertz CT molecular complexity index is 1060. The summed E-state index contributed by atoms with van der Waals surface area (Å²) in [4.78, 5) is 33.8. The summed E-state index contributed by atoms with van der Waals surface area (Å²) >= 11 is 0. The van der Waals surface area contributed by atoms with Crippen molar-refractivity contribution in [2.75, 3.05) is 28.6 Å². The first-order valence-electron chi connectivity index (χ1n) is 12.6. The second-order valence-electron chi connectivity index (χ2n) is 10.4. The van der Waals surface area contributed by atoms with Crippen LogP contribution in [0.3, 0.4) is 0 Å². The topological polar surface area (TPSA) is 135 Å². The predicted octanol–water partition coefficient (Wildman–Crippen LogP) is 4.98. The SMILES string of the molecule is CC(C)(C)OC(=O)NC1CCN(c2ccc(Nc3ncc([N+](=O)[O-])c(NC4CCCC4)n3)cc2)CC1. The Balaban J connectivity index is 1.33. The van der Waals surface area contributed by atoms with Gasteiger partial charge in [-0.05, 0) is 70.7 Å². The molecule has 0 spiro atoms. The number of anilines is 4. The lowest BCUT2D eigenvalue weighted by atomic mass is 10.0. The van der Waals surface area contributed by atoms with E-state index in [0.717, 1.165) is 63.0 Å². The van der Waals surface area contributed by atoms with Crippen LogP contribution in [0.1, 0.15) is 59.3 Å². The lowest BCUT2D eigenvalue weighted by molar-refractivity contribution is -0.384. The molecule has 2 aromatic rings. The minimum absolute atomic E-state index is 0.100. The molecule has 1 saturated heterocycles. The fourth-order valence-electron chi connectivity index (χ4n) is 4.58. The molecular formula is C25H35N7O4. The molecule has 2 heterocycles. The Morgan fingerprint density at radius 2 is 1.75 bits per heavy atom. The van der Waals surface area contributed by atoms with Crippen LogP contribution in [0, 0.1) is 10.1 Å². The first kappa shape index (κ1) is 25.5. The van der Waals surface area contributed by atoms with Crippen molar-refractivity contribution in [2.24, 2.45) is 0 Å². The molecule has 0 bridgehead atoms. The van der Waals surface area contributed by atoms with E-state index in [2.05, 4.69) is 30.8 Å². The minimum Gasteiger partial charge on any atom is -0.444 e. The maximum absolute atomic E-state index is 12.0. The molecule has 0 unspecified atom stereocenters. The molecule has 3 N–H and O–H groups in total. The van der Waals surface area contributed by atoms with Crippen molar-refractivity contribution < 1.29 is 14.5 Å². The first-order valence-corrected chi connectivity index (χ1v) is 12.6. The zero-order valence-corrected chi connectivity index (χ0v) is 21.1. The van der Waals surface area contributed by atoms with E-state index in [9.17, 15) is 14.9 Å². The summed E-state index contributed by atoms with van der Waals surface area (Å²) in [7, 11) is 0. The zero-order valence-electron chi connectivity index (χ0n) is 21.1. The Labute approximate surface area is 211 Å². The number of nitro groups is 1. The third-order valence-electron chi connectivity index (χ3n) is 6.37. The normalized spacial score (nSPS) is 17.0. The molecule has 1 aliphatic carbocycles. The van der Waals surface area contributed by atoms with Crippen LogP contribution in [0.4, 0.5) is 33.6 Å². The van der Waals surface area contributed by atoms with Crippen LogP contribution in [0.25, 0.3) is 0 Å². The summed E-state index contributed by atoms with van der Waals surface area (Å²) in [5.41, 5.74) is 1.26. The molecule has 1 amide bonds. The predicted molar refractivity (Wildman–Crippen MR) is 139 cm³/mol. The molecule has 11 heteroatoms. The van der Waals surface area contributed by atoms with Gasteiger partial charge in [-0.15, -0.1) is 0 Å². The van der Waals surface area contributed by atoms with E-state index in [1.165, 1.54) is 6.20 Å². The molecule has 0 atom stereocenters. The largest absolute Gasteiger partial charge is 0.444 e. The molecule has 1 aromatic carbocycles. The van der Waals surface area contributed by atoms with Crippen LogP contribution in [-0.2, 0) is 4.74 Å². The Kier molecular flexibility index (Phi) is 7.76. The fraction of sp³-hybridized carbons (Fsp3) is 0.560. The zero-order chi connectivity index (χ0) is 25.7. The van der Waals surface area contributed by atoms with Crippen molar-refractivity contribution in [3.05, 3.63) is 40.6 Å². The highest BCUT2D eigenvalue weighted by molar-refractivity contribution is 5.68. The lowest BCUT2D eigenvalue weighted by Gasteiger charge is -2.34. The molecular weight excluding hydrogens is 462 g/mol. The van der Waals surface area contributed by atoms with Crippen molar-refractivity contribution in [2.45, 2.75) is 77.0 Å². The van der Waals surface area contributed by atoms with Gasteiger partial charge in [0, 0.05) is 36.5 Å². The van der Waals surface area contributed by atoms with Gasteiger partial charge in [0.05, 0.1) is 4.92 Å². The van der Waals surface area contributed by atoms with Gasteiger partial charge in [-0.2, -0.15) is 4.98 Å². The van der Waals surface area contributed by atoms with Gasteiger partial charge in [-0.1, -0.05) is 12.8 Å². The van der Waals surface area contributed by atoms with Crippen molar-refractivity contribution >= 4 is 34.9 Å². The lowest BCUT2D eigenvalue weighted by Crippen LogP contribution is -2.46. The van der Waals surface area contributed by atoms with Crippen LogP contribution in [0.5, 0.6) is 0 Å². The van der Waals surface area contributed by atoms with E-state index >= 15 is 0 Å². The van der Waals surface area contributed by atoms with E-state index in [1.807, 2.05) is 45.0 Å². The molecule has 1 aliphatic heterocycles. The number of aromatic nitrogens is 2. The number of hydrogen-bond acceptors (Lipinski definition) is 9. The second kappa shape index (κ2) is 11.0. The highest BCUT2D eigenvalue weighted by Gasteiger charge is 2.25. The van der Waals surface area contributed by atoms with Gasteiger partial charge in [0.15, 0.2) is 0 Å². The van der Waals surface area contributed by atoms with Crippen LogP contribution in [0.2, 0.25) is 0 Å². The third kappa shape index (κ3) is 6.96. The summed E-state index contributed by atoms with van der Waals surface area (Å²) in [5, 5.41) is 20.7. The Hall–Kier alpha value is -3.63. The second-order valence-corrected chi connectivity index (χ2v) is 10.4. The van der Waals surface area contributed by atoms with Gasteiger partial charge in [-0.3, -0.25) is 10.1 Å². The van der Waals surface area contributed by atoms with Crippen LogP contribution in [-0.4, -0.2) is 51.8 Å². The number of alkyl carbamates (subject to hydrolysis) is 1. The minimum atomic E-state index is -0.506. The average Bonchev–Trinajstić information content (AvgIpc) is 3.32. The van der Waals surface area contributed by atoms with Crippen molar-refractivity contribution in [3.8, 4) is 0 Å². The van der Waals surface area contributed by atoms with Crippen molar-refractivity contribution in [3.63, 3.8) is 0 Å². The Morgan fingerprint density at radius 3 is 2.36 bits per heavy atom. The van der Waals surface area contributed by atoms with E-state index < -0.39 is 10.5 Å². The molecule has 2 fully saturated rings. The maximum Gasteiger partial charge on any atom is 0.407 e. The van der Waals surface area contributed by atoms with Gasteiger partial charge in [0.1, 0.15) is 11.8 Å². The van der Waals surface area contributed by atoms with Crippen LogP contribution >= 0.6 is 0 Å². The smallest absolute Gasteiger partial charge is 0.407 e. The molecule has 36 heavy (non-hydrogen) atoms. The van der Waals surface area contributed by atoms with Gasteiger partial charge in [0.2, 0.25) is 11.8 Å².